The van der Waals surface area contributed by atoms with E-state index in [-0.39, 0.29) is 17.5 Å². The quantitative estimate of drug-likeness (QED) is 0.551. The van der Waals surface area contributed by atoms with E-state index in [2.05, 4.69) is 6.58 Å². The van der Waals surface area contributed by atoms with Crippen LogP contribution >= 0.6 is 0 Å². The van der Waals surface area contributed by atoms with Gasteiger partial charge in [-0.1, -0.05) is 6.58 Å². The number of hydrogen-bond donors (Lipinski definition) is 0. The Bertz CT molecular complexity index is 538. The SMILES string of the molecule is C=C(C)C(=O)OC12CC3CC(C1)CC(OC(C)C(=O)OCC)(C3)C2. The second kappa shape index (κ2) is 6.17. The highest BCUT2D eigenvalue weighted by Gasteiger charge is 2.61. The molecule has 0 radical (unpaired) electrons. The highest BCUT2D eigenvalue weighted by Crippen LogP contribution is 2.60. The Morgan fingerprint density at radius 2 is 1.75 bits per heavy atom. The third kappa shape index (κ3) is 3.23. The molecule has 0 amide bonds. The zero-order valence-electron chi connectivity index (χ0n) is 14.9. The molecular formula is C19H28O5. The van der Waals surface area contributed by atoms with Crippen molar-refractivity contribution in [2.45, 2.75) is 76.6 Å². The molecule has 0 heterocycles. The lowest BCUT2D eigenvalue weighted by molar-refractivity contribution is -0.244. The van der Waals surface area contributed by atoms with Crippen LogP contribution in [0.25, 0.3) is 0 Å². The van der Waals surface area contributed by atoms with Crippen LogP contribution in [0, 0.1) is 11.8 Å². The molecule has 0 N–H and O–H groups in total. The maximum absolute atomic E-state index is 12.1. The lowest BCUT2D eigenvalue weighted by Crippen LogP contribution is -2.62. The lowest BCUT2D eigenvalue weighted by atomic mass is 9.52. The summed E-state index contributed by atoms with van der Waals surface area (Å²) in [4.78, 5) is 24.1. The van der Waals surface area contributed by atoms with Crippen LogP contribution in [0.1, 0.15) is 59.3 Å². The zero-order chi connectivity index (χ0) is 17.5. The van der Waals surface area contributed by atoms with Crippen LogP contribution < -0.4 is 0 Å². The van der Waals surface area contributed by atoms with E-state index < -0.39 is 11.7 Å². The smallest absolute Gasteiger partial charge is 0.334 e. The number of carbonyl (C=O) groups is 2. The van der Waals surface area contributed by atoms with Crippen molar-refractivity contribution in [1.82, 2.24) is 0 Å². The second-order valence-electron chi connectivity index (χ2n) is 8.01. The average Bonchev–Trinajstić information content (AvgIpc) is 2.44. The van der Waals surface area contributed by atoms with E-state index in [1.807, 2.05) is 0 Å². The van der Waals surface area contributed by atoms with E-state index in [1.165, 1.54) is 6.42 Å². The Hall–Kier alpha value is -1.36. The van der Waals surface area contributed by atoms with Gasteiger partial charge in [0.1, 0.15) is 5.60 Å². The standard InChI is InChI=1S/C19H28O5/c1-5-22-17(21)13(4)23-18-7-14-6-15(8-18)10-19(9-14,11-18)24-16(20)12(2)3/h13-15H,2,5-11H2,1,3-4H3. The summed E-state index contributed by atoms with van der Waals surface area (Å²) in [5, 5.41) is 0. The van der Waals surface area contributed by atoms with Crippen molar-refractivity contribution >= 4 is 11.9 Å². The number of esters is 2. The second-order valence-corrected chi connectivity index (χ2v) is 8.01. The van der Waals surface area contributed by atoms with Gasteiger partial charge in [-0.2, -0.15) is 0 Å². The minimum Gasteiger partial charge on any atom is -0.464 e. The highest BCUT2D eigenvalue weighted by molar-refractivity contribution is 5.87. The van der Waals surface area contributed by atoms with Crippen molar-refractivity contribution < 1.29 is 23.8 Å². The van der Waals surface area contributed by atoms with Gasteiger partial charge in [-0.05, 0) is 64.7 Å². The third-order valence-corrected chi connectivity index (χ3v) is 5.66. The number of rotatable bonds is 6. The Kier molecular flexibility index (Phi) is 4.49. The molecule has 4 rings (SSSR count). The Labute approximate surface area is 143 Å². The average molecular weight is 336 g/mol. The number of ether oxygens (including phenoxy) is 3. The van der Waals surface area contributed by atoms with E-state index in [9.17, 15) is 9.59 Å². The Morgan fingerprint density at radius 1 is 1.17 bits per heavy atom. The molecule has 4 bridgehead atoms. The van der Waals surface area contributed by atoms with Crippen LogP contribution in [0.5, 0.6) is 0 Å². The van der Waals surface area contributed by atoms with E-state index in [0.717, 1.165) is 25.7 Å². The van der Waals surface area contributed by atoms with Crippen molar-refractivity contribution in [3.05, 3.63) is 12.2 Å². The minimum absolute atomic E-state index is 0.314. The van der Waals surface area contributed by atoms with Gasteiger partial charge in [0.25, 0.3) is 0 Å². The summed E-state index contributed by atoms with van der Waals surface area (Å²) in [6, 6.07) is 0. The lowest BCUT2D eigenvalue weighted by Gasteiger charge is -2.61. The molecule has 0 aromatic heterocycles. The first-order chi connectivity index (χ1) is 11.3. The van der Waals surface area contributed by atoms with Crippen molar-refractivity contribution in [2.24, 2.45) is 11.8 Å². The van der Waals surface area contributed by atoms with E-state index >= 15 is 0 Å². The minimum atomic E-state index is -0.588. The first-order valence-electron chi connectivity index (χ1n) is 9.00. The van der Waals surface area contributed by atoms with Crippen LogP contribution in [0.15, 0.2) is 12.2 Å². The molecule has 0 aromatic rings. The molecule has 4 aliphatic carbocycles. The van der Waals surface area contributed by atoms with Gasteiger partial charge in [-0.15, -0.1) is 0 Å². The molecule has 5 heteroatoms. The summed E-state index contributed by atoms with van der Waals surface area (Å²) in [6.07, 6.45) is 4.96. The van der Waals surface area contributed by atoms with Crippen LogP contribution in [0.3, 0.4) is 0 Å². The van der Waals surface area contributed by atoms with Crippen molar-refractivity contribution in [3.63, 3.8) is 0 Å². The van der Waals surface area contributed by atoms with Crippen LogP contribution in [-0.4, -0.2) is 35.9 Å². The van der Waals surface area contributed by atoms with E-state index in [1.54, 1.807) is 20.8 Å². The first-order valence-corrected chi connectivity index (χ1v) is 9.00. The molecular weight excluding hydrogens is 308 g/mol. The van der Waals surface area contributed by atoms with Gasteiger partial charge in [0.05, 0.1) is 12.2 Å². The Morgan fingerprint density at radius 3 is 2.29 bits per heavy atom. The zero-order valence-corrected chi connectivity index (χ0v) is 14.9. The summed E-state index contributed by atoms with van der Waals surface area (Å²) >= 11 is 0. The molecule has 0 aromatic carbocycles. The van der Waals surface area contributed by atoms with Gasteiger partial charge in [0, 0.05) is 12.0 Å². The van der Waals surface area contributed by atoms with Crippen molar-refractivity contribution in [2.75, 3.05) is 6.61 Å². The molecule has 4 fully saturated rings. The van der Waals surface area contributed by atoms with Crippen molar-refractivity contribution in [3.8, 4) is 0 Å². The fourth-order valence-electron chi connectivity index (χ4n) is 5.32. The van der Waals surface area contributed by atoms with E-state index in [0.29, 0.717) is 30.4 Å². The fourth-order valence-corrected chi connectivity index (χ4v) is 5.32. The first kappa shape index (κ1) is 17.5. The topological polar surface area (TPSA) is 61.8 Å². The van der Waals surface area contributed by atoms with Crippen LogP contribution in [0.4, 0.5) is 0 Å². The van der Waals surface area contributed by atoms with Crippen LogP contribution in [-0.2, 0) is 23.8 Å². The van der Waals surface area contributed by atoms with E-state index in [4.69, 9.17) is 14.2 Å². The Balaban J connectivity index is 1.76. The molecule has 24 heavy (non-hydrogen) atoms. The van der Waals surface area contributed by atoms with Gasteiger partial charge < -0.3 is 14.2 Å². The maximum Gasteiger partial charge on any atom is 0.334 e. The molecule has 3 atom stereocenters. The summed E-state index contributed by atoms with van der Waals surface area (Å²) in [7, 11) is 0. The third-order valence-electron chi connectivity index (χ3n) is 5.66. The summed E-state index contributed by atoms with van der Waals surface area (Å²) in [5.74, 6) is 0.365. The molecule has 0 saturated heterocycles. The fraction of sp³-hybridized carbons (Fsp3) is 0.789. The number of carbonyl (C=O) groups excluding carboxylic acids is 2. The predicted octanol–water partition coefficient (Wildman–Crippen LogP) is 3.17. The number of hydrogen-bond acceptors (Lipinski definition) is 5. The molecule has 4 saturated carbocycles. The normalized spacial score (nSPS) is 37.8. The van der Waals surface area contributed by atoms with Gasteiger partial charge in [-0.25, -0.2) is 9.59 Å². The van der Waals surface area contributed by atoms with Crippen LogP contribution in [0.2, 0.25) is 0 Å². The molecule has 5 nitrogen and oxygen atoms in total. The van der Waals surface area contributed by atoms with Crippen molar-refractivity contribution in [1.29, 1.82) is 0 Å². The molecule has 134 valence electrons. The maximum atomic E-state index is 12.1. The largest absolute Gasteiger partial charge is 0.464 e. The monoisotopic (exact) mass is 336 g/mol. The van der Waals surface area contributed by atoms with Gasteiger partial charge in [0.2, 0.25) is 0 Å². The molecule has 4 aliphatic rings. The highest BCUT2D eigenvalue weighted by atomic mass is 16.6. The molecule has 3 unspecified atom stereocenters. The van der Waals surface area contributed by atoms with Gasteiger partial charge in [0.15, 0.2) is 6.10 Å². The van der Waals surface area contributed by atoms with Gasteiger partial charge >= 0.3 is 11.9 Å². The predicted molar refractivity (Wildman–Crippen MR) is 88.2 cm³/mol. The summed E-state index contributed by atoms with van der Waals surface area (Å²) < 4.78 is 17.2. The van der Waals surface area contributed by atoms with Gasteiger partial charge in [-0.3, -0.25) is 0 Å². The summed E-state index contributed by atoms with van der Waals surface area (Å²) in [6.45, 7) is 9.27. The summed E-state index contributed by atoms with van der Waals surface area (Å²) in [5.41, 5.74) is -0.388. The molecule has 0 spiro atoms. The molecule has 0 aliphatic heterocycles.